The summed E-state index contributed by atoms with van der Waals surface area (Å²) in [4.78, 5) is 33.2. The molecular weight excluding hydrogens is 556 g/mol. The van der Waals surface area contributed by atoms with Gasteiger partial charge in [0.2, 0.25) is 12.3 Å². The largest absolute Gasteiger partial charge is 0.473 e. The van der Waals surface area contributed by atoms with E-state index in [1.165, 1.54) is 12.1 Å². The third-order valence-corrected chi connectivity index (χ3v) is 6.99. The zero-order chi connectivity index (χ0) is 31.2. The molecule has 2 saturated heterocycles. The van der Waals surface area contributed by atoms with Crippen LogP contribution in [0.5, 0.6) is 0 Å². The fraction of sp³-hybridized carbons (Fsp3) is 0.452. The molecule has 0 spiro atoms. The topological polar surface area (TPSA) is 92.8 Å². The smallest absolute Gasteiger partial charge is 0.226 e. The number of hydrogen-bond donors (Lipinski definition) is 2. The van der Waals surface area contributed by atoms with Gasteiger partial charge in [0.15, 0.2) is 17.5 Å². The Bertz CT molecular complexity index is 1200. The van der Waals surface area contributed by atoms with Gasteiger partial charge in [0.05, 0.1) is 18.5 Å². The van der Waals surface area contributed by atoms with E-state index in [2.05, 4.69) is 35.2 Å². The van der Waals surface area contributed by atoms with E-state index in [0.717, 1.165) is 25.1 Å². The van der Waals surface area contributed by atoms with Crippen molar-refractivity contribution in [3.8, 4) is 0 Å². The Morgan fingerprint density at radius 2 is 1.91 bits per heavy atom. The number of piperazine rings is 1. The molecule has 12 heteroatoms. The van der Waals surface area contributed by atoms with E-state index in [0.29, 0.717) is 57.2 Å². The number of carbonyl (C=O) groups is 2. The van der Waals surface area contributed by atoms with Crippen molar-refractivity contribution in [1.82, 2.24) is 20.4 Å². The van der Waals surface area contributed by atoms with Gasteiger partial charge >= 0.3 is 0 Å². The molecular formula is C31H43F2N7O3. The number of amides is 2. The number of anilines is 2. The summed E-state index contributed by atoms with van der Waals surface area (Å²) in [6, 6.07) is 2.64. The van der Waals surface area contributed by atoms with E-state index < -0.39 is 11.6 Å². The van der Waals surface area contributed by atoms with Crippen LogP contribution in [0, 0.1) is 11.6 Å². The first-order valence-corrected chi connectivity index (χ1v) is 14.6. The first-order valence-electron chi connectivity index (χ1n) is 14.6. The number of allylic oxidation sites excluding steroid dienone is 2. The highest BCUT2D eigenvalue weighted by atomic mass is 19.1. The van der Waals surface area contributed by atoms with Crippen LogP contribution in [-0.4, -0.2) is 87.3 Å². The Hall–Kier alpha value is -4.19. The van der Waals surface area contributed by atoms with Gasteiger partial charge in [0, 0.05) is 70.0 Å². The lowest BCUT2D eigenvalue weighted by Crippen LogP contribution is -2.49. The number of ether oxygens (including phenoxy) is 1. The van der Waals surface area contributed by atoms with Crippen molar-refractivity contribution in [2.45, 2.75) is 39.2 Å². The van der Waals surface area contributed by atoms with Crippen LogP contribution in [0.3, 0.4) is 0 Å². The fourth-order valence-corrected chi connectivity index (χ4v) is 4.82. The Balaban J connectivity index is 0.000000934. The fourth-order valence-electron chi connectivity index (χ4n) is 4.82. The standard InChI is InChI=1S/C28H36F2N6O2.C3H7NO/c1-4-5-7-22-18-32-9-11-33(22)10-6-8-27(37)34-12-14-35(15-13-34)28-25(29)16-23(17-26(28)30)36-20-24(19-31-3)38-21(36)2;1-2-4-3-5/h6-7,9-11,16-18,24,31H,2,4-5,8,12-15,19-20H2,1,3H3;3H,2H2,1H3,(H,4,5)/b10-6+,22-7+;. The summed E-state index contributed by atoms with van der Waals surface area (Å²) in [5.41, 5.74) is 1.28. The maximum Gasteiger partial charge on any atom is 0.226 e. The quantitative estimate of drug-likeness (QED) is 0.375. The number of nitrogens with one attached hydrogen (secondary N) is 2. The molecule has 3 heterocycles. The molecule has 1 aromatic rings. The summed E-state index contributed by atoms with van der Waals surface area (Å²) in [6.45, 7) is 11.1. The van der Waals surface area contributed by atoms with Crippen LogP contribution in [0.25, 0.3) is 0 Å². The maximum absolute atomic E-state index is 15.1. The van der Waals surface area contributed by atoms with Gasteiger partial charge < -0.3 is 35.0 Å². The minimum absolute atomic E-state index is 0.0189. The first kappa shape index (κ1) is 33.3. The number of nitrogens with zero attached hydrogens (tertiary/aromatic N) is 5. The summed E-state index contributed by atoms with van der Waals surface area (Å²) in [6.07, 6.45) is 13.9. The molecule has 2 N–H and O–H groups in total. The van der Waals surface area contributed by atoms with E-state index in [4.69, 9.17) is 4.74 Å². The molecule has 1 aromatic carbocycles. The monoisotopic (exact) mass is 599 g/mol. The molecule has 0 saturated carbocycles. The molecule has 1 atom stereocenters. The Kier molecular flexibility index (Phi) is 13.2. The van der Waals surface area contributed by atoms with Gasteiger partial charge in [-0.2, -0.15) is 0 Å². The second-order valence-electron chi connectivity index (χ2n) is 10.1. The number of carbonyl (C=O) groups excluding carboxylic acids is 2. The van der Waals surface area contributed by atoms with Gasteiger partial charge in [-0.15, -0.1) is 0 Å². The van der Waals surface area contributed by atoms with Gasteiger partial charge in [-0.05, 0) is 39.1 Å². The summed E-state index contributed by atoms with van der Waals surface area (Å²) in [7, 11) is 1.82. The number of hydrogen-bond acceptors (Lipinski definition) is 8. The maximum atomic E-state index is 15.1. The van der Waals surface area contributed by atoms with Crippen molar-refractivity contribution in [1.29, 1.82) is 0 Å². The minimum Gasteiger partial charge on any atom is -0.473 e. The predicted octanol–water partition coefficient (Wildman–Crippen LogP) is 3.71. The van der Waals surface area contributed by atoms with Crippen molar-refractivity contribution >= 4 is 29.9 Å². The summed E-state index contributed by atoms with van der Waals surface area (Å²) in [5.74, 6) is -0.930. The molecule has 2 fully saturated rings. The zero-order valence-electron chi connectivity index (χ0n) is 25.3. The van der Waals surface area contributed by atoms with Gasteiger partial charge in [-0.1, -0.05) is 25.5 Å². The van der Waals surface area contributed by atoms with Crippen LogP contribution in [0.2, 0.25) is 0 Å². The second-order valence-corrected chi connectivity index (χ2v) is 10.1. The van der Waals surface area contributed by atoms with Crippen molar-refractivity contribution in [3.63, 3.8) is 0 Å². The van der Waals surface area contributed by atoms with Crippen LogP contribution >= 0.6 is 0 Å². The number of unbranched alkanes of at least 4 members (excludes halogenated alkanes) is 1. The molecule has 0 aromatic heterocycles. The molecule has 3 aliphatic rings. The van der Waals surface area contributed by atoms with E-state index >= 15 is 8.78 Å². The van der Waals surface area contributed by atoms with Crippen molar-refractivity contribution in [3.05, 3.63) is 72.7 Å². The third-order valence-electron chi connectivity index (χ3n) is 6.99. The first-order chi connectivity index (χ1) is 20.8. The second kappa shape index (κ2) is 17.1. The van der Waals surface area contributed by atoms with Crippen molar-refractivity contribution in [2.75, 3.05) is 62.7 Å². The van der Waals surface area contributed by atoms with E-state index in [9.17, 15) is 9.59 Å². The van der Waals surface area contributed by atoms with Crippen LogP contribution < -0.4 is 20.4 Å². The lowest BCUT2D eigenvalue weighted by Gasteiger charge is -2.36. The Morgan fingerprint density at radius 1 is 1.19 bits per heavy atom. The summed E-state index contributed by atoms with van der Waals surface area (Å²) < 4.78 is 35.9. The molecule has 10 nitrogen and oxygen atoms in total. The van der Waals surface area contributed by atoms with Crippen molar-refractivity contribution in [2.24, 2.45) is 4.99 Å². The van der Waals surface area contributed by atoms with Crippen LogP contribution in [0.4, 0.5) is 20.2 Å². The highest BCUT2D eigenvalue weighted by Gasteiger charge is 2.30. The van der Waals surface area contributed by atoms with E-state index in [1.807, 2.05) is 37.3 Å². The number of aliphatic imine (C=N–C) groups is 1. The molecule has 0 aliphatic carbocycles. The van der Waals surface area contributed by atoms with Gasteiger partial charge in [0.25, 0.3) is 0 Å². The summed E-state index contributed by atoms with van der Waals surface area (Å²) >= 11 is 0. The highest BCUT2D eigenvalue weighted by molar-refractivity contribution is 5.80. The van der Waals surface area contributed by atoms with Gasteiger partial charge in [-0.3, -0.25) is 14.6 Å². The summed E-state index contributed by atoms with van der Waals surface area (Å²) in [5, 5.41) is 5.46. The minimum atomic E-state index is -0.641. The van der Waals surface area contributed by atoms with E-state index in [1.54, 1.807) is 27.1 Å². The molecule has 43 heavy (non-hydrogen) atoms. The number of likely N-dealkylation sites (N-methyl/N-ethyl adjacent to an activating group) is 1. The molecule has 234 valence electrons. The molecule has 4 rings (SSSR count). The zero-order valence-corrected chi connectivity index (χ0v) is 25.3. The predicted molar refractivity (Wildman–Crippen MR) is 166 cm³/mol. The van der Waals surface area contributed by atoms with Crippen LogP contribution in [0.1, 0.15) is 33.1 Å². The molecule has 1 unspecified atom stereocenters. The molecule has 0 radical (unpaired) electrons. The van der Waals surface area contributed by atoms with Gasteiger partial charge in [0.1, 0.15) is 11.8 Å². The van der Waals surface area contributed by atoms with Crippen LogP contribution in [0.15, 0.2) is 66.0 Å². The van der Waals surface area contributed by atoms with Crippen molar-refractivity contribution < 1.29 is 23.1 Å². The average Bonchev–Trinajstić information content (AvgIpc) is 3.37. The number of rotatable bonds is 11. The molecule has 0 bridgehead atoms. The van der Waals surface area contributed by atoms with E-state index in [-0.39, 0.29) is 24.1 Å². The Morgan fingerprint density at radius 3 is 2.51 bits per heavy atom. The Labute approximate surface area is 253 Å². The van der Waals surface area contributed by atoms with Crippen LogP contribution in [-0.2, 0) is 14.3 Å². The average molecular weight is 600 g/mol. The highest BCUT2D eigenvalue weighted by Crippen LogP contribution is 2.33. The SMILES string of the molecule is C=C1OC(CNC)CN1c1cc(F)c(N2CCN(C(=O)C/C=C/N3C=CN=C/C3=C\CCC)CC2)c(F)c1.CCNC=O. The lowest BCUT2D eigenvalue weighted by molar-refractivity contribution is -0.130. The normalized spacial score (nSPS) is 19.1. The third kappa shape index (κ3) is 9.40. The lowest BCUT2D eigenvalue weighted by atomic mass is 10.2. The molecule has 2 amide bonds. The number of benzene rings is 1. The molecule has 3 aliphatic heterocycles. The van der Waals surface area contributed by atoms with Gasteiger partial charge in [-0.25, -0.2) is 8.78 Å². The number of halogens is 2.